The van der Waals surface area contributed by atoms with Gasteiger partial charge in [0.05, 0.1) is 4.83 Å². The quantitative estimate of drug-likeness (QED) is 0.575. The average Bonchev–Trinajstić information content (AvgIpc) is 2.63. The molecule has 2 rings (SSSR count). The summed E-state index contributed by atoms with van der Waals surface area (Å²) in [6, 6.07) is 6.42. The highest BCUT2D eigenvalue weighted by Crippen LogP contribution is 2.41. The molecule has 0 saturated carbocycles. The number of hydrogen-bond donors (Lipinski definition) is 0. The van der Waals surface area contributed by atoms with Crippen LogP contribution in [0.2, 0.25) is 5.02 Å². The van der Waals surface area contributed by atoms with E-state index in [0.29, 0.717) is 5.02 Å². The minimum atomic E-state index is -0.321. The Morgan fingerprint density at radius 1 is 1.31 bits per heavy atom. The summed E-state index contributed by atoms with van der Waals surface area (Å²) in [5.41, 5.74) is 0.867. The van der Waals surface area contributed by atoms with E-state index < -0.39 is 0 Å². The first-order valence-electron chi connectivity index (χ1n) is 4.41. The highest BCUT2D eigenvalue weighted by Gasteiger charge is 2.17. The molecular weight excluding hydrogens is 378 g/mol. The molecule has 0 bridgehead atoms. The van der Waals surface area contributed by atoms with Gasteiger partial charge in [-0.2, -0.15) is 0 Å². The van der Waals surface area contributed by atoms with Crippen LogP contribution in [0.3, 0.4) is 0 Å². The van der Waals surface area contributed by atoms with Gasteiger partial charge in [-0.1, -0.05) is 33.6 Å². The molecule has 0 N–H and O–H groups in total. The van der Waals surface area contributed by atoms with Gasteiger partial charge in [0.1, 0.15) is 5.82 Å². The van der Waals surface area contributed by atoms with E-state index in [4.69, 9.17) is 11.6 Å². The van der Waals surface area contributed by atoms with Crippen LogP contribution in [0.5, 0.6) is 0 Å². The molecule has 0 nitrogen and oxygen atoms in total. The lowest BCUT2D eigenvalue weighted by atomic mass is 10.1. The SMILES string of the molecule is Fc1ccc(C(Br)c2sccc2Br)c(Cl)c1. The molecule has 0 saturated heterocycles. The molecule has 0 fully saturated rings. The van der Waals surface area contributed by atoms with E-state index in [0.717, 1.165) is 14.9 Å². The Balaban J connectivity index is 2.41. The molecule has 1 aromatic carbocycles. The minimum Gasteiger partial charge on any atom is -0.207 e. The number of alkyl halides is 1. The molecule has 0 aliphatic heterocycles. The molecule has 84 valence electrons. The van der Waals surface area contributed by atoms with Crippen LogP contribution < -0.4 is 0 Å². The Bertz CT molecular complexity index is 512. The summed E-state index contributed by atoms with van der Waals surface area (Å²) >= 11 is 14.7. The topological polar surface area (TPSA) is 0 Å². The molecule has 1 atom stereocenters. The molecular formula is C11H6Br2ClFS. The molecule has 0 aliphatic carbocycles. The van der Waals surface area contributed by atoms with E-state index >= 15 is 0 Å². The fourth-order valence-corrected chi connectivity index (χ4v) is 4.61. The van der Waals surface area contributed by atoms with Gasteiger partial charge in [-0.25, -0.2) is 4.39 Å². The van der Waals surface area contributed by atoms with Crippen molar-refractivity contribution in [3.05, 3.63) is 55.4 Å². The van der Waals surface area contributed by atoms with Gasteiger partial charge in [0.15, 0.2) is 0 Å². The molecule has 2 aromatic rings. The van der Waals surface area contributed by atoms with Crippen molar-refractivity contribution in [2.24, 2.45) is 0 Å². The van der Waals surface area contributed by atoms with Crippen LogP contribution in [-0.2, 0) is 0 Å². The maximum absolute atomic E-state index is 12.9. The first-order chi connectivity index (χ1) is 7.59. The molecule has 0 spiro atoms. The number of benzene rings is 1. The molecule has 5 heteroatoms. The van der Waals surface area contributed by atoms with Crippen LogP contribution in [0.15, 0.2) is 34.1 Å². The molecule has 1 heterocycles. The fourth-order valence-electron chi connectivity index (χ4n) is 1.33. The summed E-state index contributed by atoms with van der Waals surface area (Å²) in [5, 5.41) is 2.42. The predicted molar refractivity (Wildman–Crippen MR) is 74.2 cm³/mol. The Morgan fingerprint density at radius 2 is 2.06 bits per heavy atom. The van der Waals surface area contributed by atoms with Gasteiger partial charge in [-0.05, 0) is 45.1 Å². The first-order valence-corrected chi connectivity index (χ1v) is 7.38. The van der Waals surface area contributed by atoms with Crippen molar-refractivity contribution in [3.8, 4) is 0 Å². The van der Waals surface area contributed by atoms with Crippen molar-refractivity contribution < 1.29 is 4.39 Å². The van der Waals surface area contributed by atoms with E-state index in [1.165, 1.54) is 12.1 Å². The molecule has 0 amide bonds. The number of hydrogen-bond acceptors (Lipinski definition) is 1. The van der Waals surface area contributed by atoms with Crippen molar-refractivity contribution in [1.82, 2.24) is 0 Å². The predicted octanol–water partition coefficient (Wildman–Crippen LogP) is 5.79. The lowest BCUT2D eigenvalue weighted by Crippen LogP contribution is -1.92. The smallest absolute Gasteiger partial charge is 0.124 e. The van der Waals surface area contributed by atoms with E-state index in [1.54, 1.807) is 17.4 Å². The van der Waals surface area contributed by atoms with Crippen molar-refractivity contribution in [2.75, 3.05) is 0 Å². The third-order valence-electron chi connectivity index (χ3n) is 2.11. The van der Waals surface area contributed by atoms with Gasteiger partial charge < -0.3 is 0 Å². The van der Waals surface area contributed by atoms with Crippen LogP contribution >= 0.6 is 54.8 Å². The standard InChI is InChI=1S/C11H6Br2ClFS/c12-8-3-4-16-11(8)10(13)7-2-1-6(15)5-9(7)14/h1-5,10H. The normalized spacial score (nSPS) is 12.8. The Hall–Kier alpha value is 0.1000. The number of halogens is 4. The second kappa shape index (κ2) is 5.17. The maximum Gasteiger partial charge on any atom is 0.124 e. The third-order valence-corrected chi connectivity index (χ3v) is 5.63. The zero-order chi connectivity index (χ0) is 11.7. The van der Waals surface area contributed by atoms with Crippen LogP contribution in [0, 0.1) is 5.82 Å². The summed E-state index contributed by atoms with van der Waals surface area (Å²) in [7, 11) is 0. The first kappa shape index (κ1) is 12.6. The highest BCUT2D eigenvalue weighted by molar-refractivity contribution is 9.11. The lowest BCUT2D eigenvalue weighted by molar-refractivity contribution is 0.627. The monoisotopic (exact) mass is 382 g/mol. The van der Waals surface area contributed by atoms with Crippen LogP contribution in [0.25, 0.3) is 0 Å². The van der Waals surface area contributed by atoms with E-state index in [2.05, 4.69) is 31.9 Å². The number of rotatable bonds is 2. The van der Waals surface area contributed by atoms with Crippen LogP contribution in [0.1, 0.15) is 15.3 Å². The summed E-state index contributed by atoms with van der Waals surface area (Å²) in [4.78, 5) is 1.10. The van der Waals surface area contributed by atoms with Gasteiger partial charge in [0.2, 0.25) is 0 Å². The van der Waals surface area contributed by atoms with E-state index in [1.807, 2.05) is 11.4 Å². The zero-order valence-electron chi connectivity index (χ0n) is 7.88. The second-order valence-corrected chi connectivity index (χ2v) is 6.29. The molecule has 0 radical (unpaired) electrons. The summed E-state index contributed by atoms with van der Waals surface area (Å²) in [6.07, 6.45) is 0. The Labute approximate surface area is 119 Å². The molecule has 16 heavy (non-hydrogen) atoms. The van der Waals surface area contributed by atoms with Crippen LogP contribution in [0.4, 0.5) is 4.39 Å². The number of thiophene rings is 1. The largest absolute Gasteiger partial charge is 0.207 e. The summed E-state index contributed by atoms with van der Waals surface area (Å²) in [5.74, 6) is -0.321. The molecule has 1 aromatic heterocycles. The Morgan fingerprint density at radius 3 is 2.62 bits per heavy atom. The maximum atomic E-state index is 12.9. The van der Waals surface area contributed by atoms with Crippen molar-refractivity contribution in [2.45, 2.75) is 4.83 Å². The summed E-state index contributed by atoms with van der Waals surface area (Å²) < 4.78 is 14.0. The minimum absolute atomic E-state index is 0.0185. The van der Waals surface area contributed by atoms with Crippen LogP contribution in [-0.4, -0.2) is 0 Å². The summed E-state index contributed by atoms with van der Waals surface area (Å²) in [6.45, 7) is 0. The zero-order valence-corrected chi connectivity index (χ0v) is 12.6. The van der Waals surface area contributed by atoms with E-state index in [-0.39, 0.29) is 10.6 Å². The second-order valence-electron chi connectivity index (χ2n) is 3.16. The van der Waals surface area contributed by atoms with Crippen molar-refractivity contribution in [3.63, 3.8) is 0 Å². The third kappa shape index (κ3) is 2.50. The molecule has 1 unspecified atom stereocenters. The molecule has 0 aliphatic rings. The van der Waals surface area contributed by atoms with Crippen molar-refractivity contribution >= 4 is 54.8 Å². The van der Waals surface area contributed by atoms with Gasteiger partial charge in [0, 0.05) is 14.4 Å². The fraction of sp³-hybridized carbons (Fsp3) is 0.0909. The van der Waals surface area contributed by atoms with Gasteiger partial charge >= 0.3 is 0 Å². The lowest BCUT2D eigenvalue weighted by Gasteiger charge is -2.11. The van der Waals surface area contributed by atoms with Gasteiger partial charge in [-0.3, -0.25) is 0 Å². The van der Waals surface area contributed by atoms with Gasteiger partial charge in [0.25, 0.3) is 0 Å². The van der Waals surface area contributed by atoms with Gasteiger partial charge in [-0.15, -0.1) is 11.3 Å². The average molecular weight is 384 g/mol. The highest BCUT2D eigenvalue weighted by atomic mass is 79.9. The van der Waals surface area contributed by atoms with Crippen molar-refractivity contribution in [1.29, 1.82) is 0 Å². The van der Waals surface area contributed by atoms with E-state index in [9.17, 15) is 4.39 Å². The Kier molecular flexibility index (Phi) is 4.06.